The summed E-state index contributed by atoms with van der Waals surface area (Å²) in [6.45, 7) is 7.71. The molecule has 0 aromatic carbocycles. The number of hydrogen-bond donors (Lipinski definition) is 2. The molecule has 0 spiro atoms. The van der Waals surface area contributed by atoms with Crippen LogP contribution in [0.3, 0.4) is 0 Å². The summed E-state index contributed by atoms with van der Waals surface area (Å²) >= 11 is 0. The number of nitrogens with zero attached hydrogens (tertiary/aromatic N) is 2. The molecule has 2 heterocycles. The second kappa shape index (κ2) is 6.07. The van der Waals surface area contributed by atoms with Gasteiger partial charge in [-0.15, -0.1) is 0 Å². The topological polar surface area (TPSA) is 76.1 Å². The Labute approximate surface area is 125 Å². The van der Waals surface area contributed by atoms with E-state index in [0.29, 0.717) is 18.5 Å². The van der Waals surface area contributed by atoms with Gasteiger partial charge in [0.2, 0.25) is 0 Å². The van der Waals surface area contributed by atoms with Gasteiger partial charge in [0, 0.05) is 12.5 Å². The summed E-state index contributed by atoms with van der Waals surface area (Å²) in [5, 5.41) is 6.10. The van der Waals surface area contributed by atoms with Gasteiger partial charge in [-0.25, -0.2) is 9.97 Å². The summed E-state index contributed by atoms with van der Waals surface area (Å²) in [7, 11) is 1.59. The zero-order valence-corrected chi connectivity index (χ0v) is 13.2. The molecule has 0 aliphatic carbocycles. The fourth-order valence-electron chi connectivity index (χ4n) is 2.38. The molecule has 1 aliphatic heterocycles. The molecule has 116 valence electrons. The minimum atomic E-state index is -0.756. The molecule has 0 atom stereocenters. The van der Waals surface area contributed by atoms with Gasteiger partial charge in [0.15, 0.2) is 0 Å². The molecular weight excluding hydrogens is 268 g/mol. The molecule has 1 fully saturated rings. The van der Waals surface area contributed by atoms with Crippen LogP contribution in [-0.2, 0) is 14.9 Å². The number of aromatic nitrogens is 2. The van der Waals surface area contributed by atoms with Crippen molar-refractivity contribution in [1.29, 1.82) is 0 Å². The lowest BCUT2D eigenvalue weighted by Gasteiger charge is -2.34. The van der Waals surface area contributed by atoms with E-state index in [4.69, 9.17) is 4.74 Å². The molecule has 0 unspecified atom stereocenters. The first-order valence-electron chi connectivity index (χ1n) is 7.27. The van der Waals surface area contributed by atoms with Gasteiger partial charge in [0.25, 0.3) is 5.91 Å². The average Bonchev–Trinajstić information content (AvgIpc) is 2.47. The van der Waals surface area contributed by atoms with Gasteiger partial charge in [0.05, 0.1) is 18.1 Å². The fraction of sp³-hybridized carbons (Fsp3) is 0.667. The number of ether oxygens (including phenoxy) is 1. The molecule has 1 aromatic rings. The third-order valence-corrected chi connectivity index (χ3v) is 3.80. The largest absolute Gasteiger partial charge is 0.368 e. The molecule has 6 heteroatoms. The molecule has 21 heavy (non-hydrogen) atoms. The van der Waals surface area contributed by atoms with E-state index >= 15 is 0 Å². The standard InChI is InChI=1S/C15H24N4O2/c1-14(2,3)12-17-9-11(10-18-12)19-13(20)15(21-4)5-7-16-8-6-15/h9-10,16H,5-8H2,1-4H3,(H,19,20). The van der Waals surface area contributed by atoms with E-state index in [1.54, 1.807) is 19.5 Å². The Bertz CT molecular complexity index is 487. The fourth-order valence-corrected chi connectivity index (χ4v) is 2.38. The number of carbonyl (C=O) groups is 1. The number of piperidine rings is 1. The summed E-state index contributed by atoms with van der Waals surface area (Å²) in [4.78, 5) is 21.1. The molecule has 2 N–H and O–H groups in total. The molecule has 0 radical (unpaired) electrons. The maximum Gasteiger partial charge on any atom is 0.256 e. The van der Waals surface area contributed by atoms with E-state index in [-0.39, 0.29) is 11.3 Å². The maximum atomic E-state index is 12.5. The minimum Gasteiger partial charge on any atom is -0.368 e. The zero-order chi connectivity index (χ0) is 15.5. The van der Waals surface area contributed by atoms with E-state index in [0.717, 1.165) is 18.9 Å². The highest BCUT2D eigenvalue weighted by Gasteiger charge is 2.39. The van der Waals surface area contributed by atoms with Crippen molar-refractivity contribution in [2.75, 3.05) is 25.5 Å². The number of anilines is 1. The van der Waals surface area contributed by atoms with Gasteiger partial charge >= 0.3 is 0 Å². The van der Waals surface area contributed by atoms with Crippen LogP contribution in [0, 0.1) is 0 Å². The summed E-state index contributed by atoms with van der Waals surface area (Å²) in [5.74, 6) is 0.627. The van der Waals surface area contributed by atoms with Crippen LogP contribution < -0.4 is 10.6 Å². The van der Waals surface area contributed by atoms with Crippen LogP contribution in [0.25, 0.3) is 0 Å². The molecule has 6 nitrogen and oxygen atoms in total. The van der Waals surface area contributed by atoms with Gasteiger partial charge in [-0.3, -0.25) is 4.79 Å². The Hall–Kier alpha value is -1.53. The summed E-state index contributed by atoms with van der Waals surface area (Å²) < 4.78 is 5.50. The highest BCUT2D eigenvalue weighted by atomic mass is 16.5. The Balaban J connectivity index is 2.08. The van der Waals surface area contributed by atoms with Crippen molar-refractivity contribution in [2.45, 2.75) is 44.6 Å². The van der Waals surface area contributed by atoms with Crippen molar-refractivity contribution >= 4 is 11.6 Å². The lowest BCUT2D eigenvalue weighted by atomic mass is 9.91. The number of rotatable bonds is 3. The first kappa shape index (κ1) is 15.9. The summed E-state index contributed by atoms with van der Waals surface area (Å²) in [6.07, 6.45) is 4.62. The number of nitrogens with one attached hydrogen (secondary N) is 2. The van der Waals surface area contributed by atoms with Crippen molar-refractivity contribution in [3.8, 4) is 0 Å². The second-order valence-corrected chi connectivity index (χ2v) is 6.45. The van der Waals surface area contributed by atoms with Crippen molar-refractivity contribution in [2.24, 2.45) is 0 Å². The van der Waals surface area contributed by atoms with Crippen LogP contribution in [0.2, 0.25) is 0 Å². The first-order valence-corrected chi connectivity index (χ1v) is 7.27. The first-order chi connectivity index (χ1) is 9.87. The highest BCUT2D eigenvalue weighted by molar-refractivity contribution is 5.97. The zero-order valence-electron chi connectivity index (χ0n) is 13.2. The Kier molecular flexibility index (Phi) is 4.58. The van der Waals surface area contributed by atoms with E-state index in [1.807, 2.05) is 0 Å². The SMILES string of the molecule is COC1(C(=O)Nc2cnc(C(C)(C)C)nc2)CCNCC1. The maximum absolute atomic E-state index is 12.5. The van der Waals surface area contributed by atoms with Crippen molar-refractivity contribution < 1.29 is 9.53 Å². The molecule has 0 bridgehead atoms. The molecule has 1 amide bonds. The Morgan fingerprint density at radius 2 is 1.86 bits per heavy atom. The molecule has 1 saturated heterocycles. The van der Waals surface area contributed by atoms with Gasteiger partial charge < -0.3 is 15.4 Å². The normalized spacial score (nSPS) is 18.3. The van der Waals surface area contributed by atoms with E-state index in [2.05, 4.69) is 41.4 Å². The van der Waals surface area contributed by atoms with Crippen molar-refractivity contribution in [3.63, 3.8) is 0 Å². The number of carbonyl (C=O) groups excluding carboxylic acids is 1. The summed E-state index contributed by atoms with van der Waals surface area (Å²) in [6, 6.07) is 0. The van der Waals surface area contributed by atoms with Crippen LogP contribution in [0.1, 0.15) is 39.4 Å². The monoisotopic (exact) mass is 292 g/mol. The quantitative estimate of drug-likeness (QED) is 0.882. The minimum absolute atomic E-state index is 0.106. The smallest absolute Gasteiger partial charge is 0.256 e. The molecule has 1 aliphatic rings. The third-order valence-electron chi connectivity index (χ3n) is 3.80. The van der Waals surface area contributed by atoms with Crippen LogP contribution in [0.5, 0.6) is 0 Å². The number of amides is 1. The van der Waals surface area contributed by atoms with E-state index < -0.39 is 5.60 Å². The van der Waals surface area contributed by atoms with E-state index in [1.165, 1.54) is 0 Å². The van der Waals surface area contributed by atoms with Crippen LogP contribution in [-0.4, -0.2) is 41.7 Å². The second-order valence-electron chi connectivity index (χ2n) is 6.45. The predicted octanol–water partition coefficient (Wildman–Crippen LogP) is 1.48. The van der Waals surface area contributed by atoms with Gasteiger partial charge in [-0.2, -0.15) is 0 Å². The van der Waals surface area contributed by atoms with Gasteiger partial charge in [0.1, 0.15) is 11.4 Å². The third kappa shape index (κ3) is 3.57. The predicted molar refractivity (Wildman–Crippen MR) is 81.2 cm³/mol. The Morgan fingerprint density at radius 3 is 2.33 bits per heavy atom. The van der Waals surface area contributed by atoms with Crippen molar-refractivity contribution in [1.82, 2.24) is 15.3 Å². The highest BCUT2D eigenvalue weighted by Crippen LogP contribution is 2.24. The van der Waals surface area contributed by atoms with Gasteiger partial charge in [-0.05, 0) is 25.9 Å². The van der Waals surface area contributed by atoms with Crippen LogP contribution in [0.15, 0.2) is 12.4 Å². The summed E-state index contributed by atoms with van der Waals surface area (Å²) in [5.41, 5.74) is -0.262. The molecule has 1 aromatic heterocycles. The number of hydrogen-bond acceptors (Lipinski definition) is 5. The lowest BCUT2D eigenvalue weighted by Crippen LogP contribution is -2.51. The van der Waals surface area contributed by atoms with Crippen molar-refractivity contribution in [3.05, 3.63) is 18.2 Å². The molecule has 2 rings (SSSR count). The molecular formula is C15H24N4O2. The lowest BCUT2D eigenvalue weighted by molar-refractivity contribution is -0.140. The Morgan fingerprint density at radius 1 is 1.29 bits per heavy atom. The van der Waals surface area contributed by atoms with Gasteiger partial charge in [-0.1, -0.05) is 20.8 Å². The van der Waals surface area contributed by atoms with Crippen LogP contribution >= 0.6 is 0 Å². The average molecular weight is 292 g/mol. The molecule has 0 saturated carbocycles. The van der Waals surface area contributed by atoms with E-state index in [9.17, 15) is 4.79 Å². The van der Waals surface area contributed by atoms with Crippen LogP contribution in [0.4, 0.5) is 5.69 Å². The number of methoxy groups -OCH3 is 1.